The number of benzene rings is 4. The molecule has 0 radical (unpaired) electrons. The van der Waals surface area contributed by atoms with E-state index in [1.807, 2.05) is 35.7 Å². The maximum absolute atomic E-state index is 5.44. The highest BCUT2D eigenvalue weighted by molar-refractivity contribution is 8.00. The van der Waals surface area contributed by atoms with Crippen LogP contribution in [-0.2, 0) is 0 Å². The molecule has 2 aliphatic heterocycles. The zero-order chi connectivity index (χ0) is 31.9. The molecule has 0 fully saturated rings. The van der Waals surface area contributed by atoms with E-state index in [1.54, 1.807) is 14.2 Å². The van der Waals surface area contributed by atoms with E-state index in [-0.39, 0.29) is 0 Å². The summed E-state index contributed by atoms with van der Waals surface area (Å²) in [5, 5.41) is 0. The predicted molar refractivity (Wildman–Crippen MR) is 192 cm³/mol. The Bertz CT molecular complexity index is 1580. The first-order valence-electron chi connectivity index (χ1n) is 15.5. The number of para-hydroxylation sites is 2. The molecule has 8 heteroatoms. The van der Waals surface area contributed by atoms with Gasteiger partial charge in [0, 0.05) is 51.3 Å². The Balaban J connectivity index is 0.000000178. The van der Waals surface area contributed by atoms with Crippen LogP contribution < -0.4 is 19.3 Å². The molecule has 0 N–H and O–H groups in total. The van der Waals surface area contributed by atoms with Gasteiger partial charge in [-0.05, 0) is 95.6 Å². The van der Waals surface area contributed by atoms with Crippen LogP contribution in [0.3, 0.4) is 0 Å². The number of anilines is 4. The Hall–Kier alpha value is -3.30. The molecular weight excluding hydrogens is 597 g/mol. The van der Waals surface area contributed by atoms with Crippen molar-refractivity contribution in [3.05, 3.63) is 84.9 Å². The number of hydrogen-bond acceptors (Lipinski definition) is 8. The van der Waals surface area contributed by atoms with E-state index in [0.29, 0.717) is 5.92 Å². The summed E-state index contributed by atoms with van der Waals surface area (Å²) in [6, 6.07) is 30.0. The van der Waals surface area contributed by atoms with Crippen molar-refractivity contribution in [3.8, 4) is 11.5 Å². The van der Waals surface area contributed by atoms with Gasteiger partial charge < -0.3 is 29.1 Å². The molecule has 2 aliphatic rings. The van der Waals surface area contributed by atoms with Crippen molar-refractivity contribution >= 4 is 46.3 Å². The van der Waals surface area contributed by atoms with Crippen LogP contribution >= 0.6 is 23.5 Å². The van der Waals surface area contributed by atoms with Crippen molar-refractivity contribution < 1.29 is 9.47 Å². The first-order valence-corrected chi connectivity index (χ1v) is 17.1. The summed E-state index contributed by atoms with van der Waals surface area (Å²) in [5.74, 6) is 2.39. The summed E-state index contributed by atoms with van der Waals surface area (Å²) in [6.45, 7) is 6.48. The molecule has 238 valence electrons. The molecule has 0 saturated heterocycles. The van der Waals surface area contributed by atoms with Crippen molar-refractivity contribution in [1.82, 2.24) is 9.80 Å². The molecule has 45 heavy (non-hydrogen) atoms. The van der Waals surface area contributed by atoms with E-state index >= 15 is 0 Å². The fraction of sp³-hybridized carbons (Fsp3) is 0.351. The van der Waals surface area contributed by atoms with Gasteiger partial charge in [0.15, 0.2) is 0 Å². The SMILES string of the molecule is COc1ccc2c(c1)N(CCCN(C)C)c1ccccc1S2.COc1ccc2c(c1)N(C[C@H](C)CN(C)C)c1ccccc1S2. The Morgan fingerprint density at radius 2 is 1.11 bits per heavy atom. The average Bonchev–Trinajstić information content (AvgIpc) is 3.03. The monoisotopic (exact) mass is 642 g/mol. The molecule has 0 spiro atoms. The second-order valence-electron chi connectivity index (χ2n) is 12.1. The maximum atomic E-state index is 5.44. The van der Waals surface area contributed by atoms with Crippen LogP contribution in [0.4, 0.5) is 22.7 Å². The third-order valence-corrected chi connectivity index (χ3v) is 10.1. The lowest BCUT2D eigenvalue weighted by Gasteiger charge is -2.35. The smallest absolute Gasteiger partial charge is 0.121 e. The number of ether oxygens (including phenoxy) is 2. The summed E-state index contributed by atoms with van der Waals surface area (Å²) in [7, 11) is 12.0. The lowest BCUT2D eigenvalue weighted by Crippen LogP contribution is -2.31. The van der Waals surface area contributed by atoms with Gasteiger partial charge in [-0.3, -0.25) is 0 Å². The minimum Gasteiger partial charge on any atom is -0.497 e. The molecule has 0 aromatic heterocycles. The number of hydrogen-bond donors (Lipinski definition) is 0. The third-order valence-electron chi connectivity index (χ3n) is 7.82. The van der Waals surface area contributed by atoms with Crippen molar-refractivity contribution in [3.63, 3.8) is 0 Å². The van der Waals surface area contributed by atoms with Crippen molar-refractivity contribution in [2.24, 2.45) is 5.92 Å². The maximum Gasteiger partial charge on any atom is 0.121 e. The van der Waals surface area contributed by atoms with Gasteiger partial charge in [-0.25, -0.2) is 0 Å². The molecule has 4 aromatic rings. The van der Waals surface area contributed by atoms with E-state index in [1.165, 1.54) is 42.3 Å². The highest BCUT2D eigenvalue weighted by atomic mass is 32.2. The van der Waals surface area contributed by atoms with Gasteiger partial charge in [0.2, 0.25) is 0 Å². The Morgan fingerprint density at radius 3 is 1.62 bits per heavy atom. The summed E-state index contributed by atoms with van der Waals surface area (Å²) in [5.41, 5.74) is 5.09. The zero-order valence-electron chi connectivity index (χ0n) is 27.6. The molecule has 1 atom stereocenters. The highest BCUT2D eigenvalue weighted by Crippen LogP contribution is 2.50. The lowest BCUT2D eigenvalue weighted by atomic mass is 10.1. The molecule has 0 amide bonds. The van der Waals surface area contributed by atoms with E-state index in [4.69, 9.17) is 9.47 Å². The number of methoxy groups -OCH3 is 2. The van der Waals surface area contributed by atoms with Gasteiger partial charge in [-0.2, -0.15) is 0 Å². The molecule has 6 rings (SSSR count). The second kappa shape index (κ2) is 15.3. The minimum atomic E-state index is 0.570. The summed E-state index contributed by atoms with van der Waals surface area (Å²) in [4.78, 5) is 14.6. The van der Waals surface area contributed by atoms with Crippen molar-refractivity contribution in [2.75, 3.05) is 78.4 Å². The molecular formula is C37H46N4O2S2. The minimum absolute atomic E-state index is 0.570. The predicted octanol–water partition coefficient (Wildman–Crippen LogP) is 8.75. The first-order chi connectivity index (χ1) is 21.8. The van der Waals surface area contributed by atoms with Crippen LogP contribution in [0.15, 0.2) is 105 Å². The van der Waals surface area contributed by atoms with Gasteiger partial charge in [0.05, 0.1) is 37.0 Å². The standard InChI is InChI=1S/C19H24N2OS.C18H22N2OS/c1-14(12-20(2)3)13-21-16-7-5-6-8-18(16)23-19-10-9-15(22-4)11-17(19)21;1-19(2)11-6-12-20-15-7-4-5-8-17(15)22-18-10-9-14(21-3)13-16(18)20/h5-11,14H,12-13H2,1-4H3;4-5,7-10,13H,6,11-12H2,1-3H3/t14-;/m1./s1. The zero-order valence-corrected chi connectivity index (χ0v) is 29.3. The lowest BCUT2D eigenvalue weighted by molar-refractivity contribution is 0.342. The molecule has 2 heterocycles. The Morgan fingerprint density at radius 1 is 0.622 bits per heavy atom. The van der Waals surface area contributed by atoms with Crippen LogP contribution in [0.5, 0.6) is 11.5 Å². The first kappa shape index (κ1) is 33.1. The largest absolute Gasteiger partial charge is 0.497 e. The summed E-state index contributed by atoms with van der Waals surface area (Å²) < 4.78 is 10.9. The number of rotatable bonds is 10. The fourth-order valence-electron chi connectivity index (χ4n) is 5.85. The molecule has 4 aromatic carbocycles. The third kappa shape index (κ3) is 8.11. The Kier molecular flexibility index (Phi) is 11.3. The van der Waals surface area contributed by atoms with Crippen LogP contribution in [-0.4, -0.2) is 78.4 Å². The van der Waals surface area contributed by atoms with E-state index < -0.39 is 0 Å². The molecule has 0 bridgehead atoms. The molecule has 0 saturated carbocycles. The normalized spacial score (nSPS) is 13.7. The van der Waals surface area contributed by atoms with Crippen molar-refractivity contribution in [2.45, 2.75) is 32.9 Å². The number of fused-ring (bicyclic) bond motifs is 4. The van der Waals surface area contributed by atoms with Gasteiger partial charge in [0.1, 0.15) is 11.5 Å². The summed E-state index contributed by atoms with van der Waals surface area (Å²) >= 11 is 3.68. The molecule has 0 unspecified atom stereocenters. The van der Waals surface area contributed by atoms with Crippen LogP contribution in [0.2, 0.25) is 0 Å². The molecule has 6 nitrogen and oxygen atoms in total. The summed E-state index contributed by atoms with van der Waals surface area (Å²) in [6.07, 6.45) is 1.13. The topological polar surface area (TPSA) is 31.4 Å². The van der Waals surface area contributed by atoms with Gasteiger partial charge in [-0.1, -0.05) is 54.7 Å². The van der Waals surface area contributed by atoms with Crippen LogP contribution in [0.1, 0.15) is 13.3 Å². The van der Waals surface area contributed by atoms with Crippen LogP contribution in [0, 0.1) is 5.92 Å². The average molecular weight is 643 g/mol. The quantitative estimate of drug-likeness (QED) is 0.170. The van der Waals surface area contributed by atoms with Crippen LogP contribution in [0.25, 0.3) is 0 Å². The van der Waals surface area contributed by atoms with Gasteiger partial charge >= 0.3 is 0 Å². The second-order valence-corrected chi connectivity index (χ2v) is 14.3. The number of nitrogens with zero attached hydrogens (tertiary/aromatic N) is 4. The van der Waals surface area contributed by atoms with Gasteiger partial charge in [-0.15, -0.1) is 0 Å². The fourth-order valence-corrected chi connectivity index (χ4v) is 8.00. The Labute approximate surface area is 278 Å². The van der Waals surface area contributed by atoms with E-state index in [2.05, 4.69) is 128 Å². The highest BCUT2D eigenvalue weighted by Gasteiger charge is 2.26. The van der Waals surface area contributed by atoms with E-state index in [9.17, 15) is 0 Å². The van der Waals surface area contributed by atoms with E-state index in [0.717, 1.165) is 44.1 Å². The van der Waals surface area contributed by atoms with Crippen molar-refractivity contribution in [1.29, 1.82) is 0 Å². The van der Waals surface area contributed by atoms with Gasteiger partial charge in [0.25, 0.3) is 0 Å². The molecule has 0 aliphatic carbocycles.